The van der Waals surface area contributed by atoms with E-state index in [2.05, 4.69) is 10.3 Å². The minimum atomic E-state index is -0.953. The Morgan fingerprint density at radius 1 is 1.17 bits per heavy atom. The molecule has 1 amide bonds. The Kier molecular flexibility index (Phi) is 6.17. The van der Waals surface area contributed by atoms with Crippen molar-refractivity contribution in [3.63, 3.8) is 0 Å². The molecule has 0 spiro atoms. The van der Waals surface area contributed by atoms with E-state index in [0.717, 1.165) is 0 Å². The van der Waals surface area contributed by atoms with Gasteiger partial charge in [0.25, 0.3) is 5.91 Å². The lowest BCUT2D eigenvalue weighted by Crippen LogP contribution is -2.46. The summed E-state index contributed by atoms with van der Waals surface area (Å²) in [7, 11) is 0. The molecule has 1 aromatic rings. The molecule has 0 radical (unpaired) electrons. The average molecular weight is 338 g/mol. The normalized spacial score (nSPS) is 12.5. The van der Waals surface area contributed by atoms with Gasteiger partial charge in [-0.25, -0.2) is 9.59 Å². The van der Waals surface area contributed by atoms with Gasteiger partial charge in [-0.3, -0.25) is 4.79 Å². The van der Waals surface area contributed by atoms with Crippen molar-refractivity contribution in [2.24, 2.45) is 0 Å². The highest BCUT2D eigenvalue weighted by Crippen LogP contribution is 2.20. The van der Waals surface area contributed by atoms with Crippen molar-refractivity contribution < 1.29 is 23.9 Å². The van der Waals surface area contributed by atoms with Crippen molar-refractivity contribution in [1.29, 1.82) is 0 Å². The Morgan fingerprint density at radius 3 is 2.25 bits per heavy atom. The van der Waals surface area contributed by atoms with E-state index in [0.29, 0.717) is 16.8 Å². The van der Waals surface area contributed by atoms with E-state index in [9.17, 15) is 14.4 Å². The second-order valence-corrected chi connectivity index (χ2v) is 6.63. The molecule has 0 saturated carbocycles. The fourth-order valence-electron chi connectivity index (χ4n) is 2.21. The number of hydrogen-bond donors (Lipinski definition) is 2. The molecule has 0 aliphatic carbocycles. The SMILES string of the molecule is CCOC(=O)c1c(C)[nH]c(C(=O)OC(C)C(=O)NC(C)(C)C)c1C. The smallest absolute Gasteiger partial charge is 0.355 e. The first-order valence-corrected chi connectivity index (χ1v) is 7.87. The van der Waals surface area contributed by atoms with Gasteiger partial charge in [-0.15, -0.1) is 0 Å². The van der Waals surface area contributed by atoms with Crippen molar-refractivity contribution in [3.05, 3.63) is 22.5 Å². The van der Waals surface area contributed by atoms with Crippen molar-refractivity contribution in [2.75, 3.05) is 6.61 Å². The van der Waals surface area contributed by atoms with E-state index in [4.69, 9.17) is 9.47 Å². The number of amides is 1. The number of carbonyl (C=O) groups is 3. The number of carbonyl (C=O) groups excluding carboxylic acids is 3. The lowest BCUT2D eigenvalue weighted by Gasteiger charge is -2.23. The zero-order chi connectivity index (χ0) is 18.7. The lowest BCUT2D eigenvalue weighted by molar-refractivity contribution is -0.130. The standard InChI is InChI=1S/C17H26N2O5/c1-8-23-15(21)12-9(2)13(18-10(12)3)16(22)24-11(4)14(20)19-17(5,6)7/h11,18H,8H2,1-7H3,(H,19,20). The number of aromatic amines is 1. The van der Waals surface area contributed by atoms with Crippen LogP contribution in [0, 0.1) is 13.8 Å². The summed E-state index contributed by atoms with van der Waals surface area (Å²) >= 11 is 0. The monoisotopic (exact) mass is 338 g/mol. The van der Waals surface area contributed by atoms with Crippen molar-refractivity contribution in [1.82, 2.24) is 10.3 Å². The minimum absolute atomic E-state index is 0.144. The number of nitrogens with one attached hydrogen (secondary N) is 2. The summed E-state index contributed by atoms with van der Waals surface area (Å²) in [6.07, 6.45) is -0.953. The third-order valence-electron chi connectivity index (χ3n) is 3.27. The minimum Gasteiger partial charge on any atom is -0.462 e. The molecule has 1 rings (SSSR count). The third kappa shape index (κ3) is 4.84. The molecule has 1 atom stereocenters. The summed E-state index contributed by atoms with van der Waals surface area (Å²) in [5.74, 6) is -1.58. The van der Waals surface area contributed by atoms with Crippen molar-refractivity contribution in [2.45, 2.75) is 60.1 Å². The first-order chi connectivity index (χ1) is 11.0. The number of rotatable bonds is 5. The van der Waals surface area contributed by atoms with Gasteiger partial charge in [-0.2, -0.15) is 0 Å². The van der Waals surface area contributed by atoms with Crippen LogP contribution in [0.15, 0.2) is 0 Å². The van der Waals surface area contributed by atoms with Crippen LogP contribution in [0.2, 0.25) is 0 Å². The molecule has 7 nitrogen and oxygen atoms in total. The van der Waals surface area contributed by atoms with Gasteiger partial charge in [0.2, 0.25) is 0 Å². The van der Waals surface area contributed by atoms with Crippen LogP contribution in [0.3, 0.4) is 0 Å². The summed E-state index contributed by atoms with van der Waals surface area (Å²) < 4.78 is 10.2. The number of aromatic nitrogens is 1. The zero-order valence-electron chi connectivity index (χ0n) is 15.3. The molecule has 0 bridgehead atoms. The summed E-state index contributed by atoms with van der Waals surface area (Å²) in [6, 6.07) is 0. The second kappa shape index (κ2) is 7.51. The van der Waals surface area contributed by atoms with Gasteiger partial charge in [-0.1, -0.05) is 0 Å². The Hall–Kier alpha value is -2.31. The Labute approximate surface area is 142 Å². The predicted octanol–water partition coefficient (Wildman–Crippen LogP) is 2.27. The average Bonchev–Trinajstić information content (AvgIpc) is 2.72. The molecule has 1 heterocycles. The molecule has 24 heavy (non-hydrogen) atoms. The van der Waals surface area contributed by atoms with Gasteiger partial charge < -0.3 is 19.8 Å². The van der Waals surface area contributed by atoms with Crippen molar-refractivity contribution >= 4 is 17.8 Å². The molecule has 0 aliphatic rings. The van der Waals surface area contributed by atoms with Gasteiger partial charge in [0, 0.05) is 11.2 Å². The van der Waals surface area contributed by atoms with E-state index < -0.39 is 23.6 Å². The number of hydrogen-bond acceptors (Lipinski definition) is 5. The number of H-pyrrole nitrogens is 1. The van der Waals surface area contributed by atoms with Gasteiger partial charge in [0.05, 0.1) is 12.2 Å². The van der Waals surface area contributed by atoms with Crippen LogP contribution >= 0.6 is 0 Å². The lowest BCUT2D eigenvalue weighted by atomic mass is 10.1. The van der Waals surface area contributed by atoms with Crippen LogP contribution < -0.4 is 5.32 Å². The molecular weight excluding hydrogens is 312 g/mol. The topological polar surface area (TPSA) is 97.5 Å². The van der Waals surface area contributed by atoms with E-state index in [1.807, 2.05) is 20.8 Å². The van der Waals surface area contributed by atoms with E-state index in [1.54, 1.807) is 20.8 Å². The molecule has 0 fully saturated rings. The predicted molar refractivity (Wildman–Crippen MR) is 89.0 cm³/mol. The fourth-order valence-corrected chi connectivity index (χ4v) is 2.21. The van der Waals surface area contributed by atoms with Crippen LogP contribution in [-0.4, -0.2) is 41.1 Å². The summed E-state index contributed by atoms with van der Waals surface area (Å²) in [6.45, 7) is 12.3. The van der Waals surface area contributed by atoms with Gasteiger partial charge >= 0.3 is 11.9 Å². The molecule has 2 N–H and O–H groups in total. The highest BCUT2D eigenvalue weighted by atomic mass is 16.5. The Balaban J connectivity index is 2.91. The molecule has 1 unspecified atom stereocenters. The fraction of sp³-hybridized carbons (Fsp3) is 0.588. The summed E-state index contributed by atoms with van der Waals surface area (Å²) in [5.41, 5.74) is 0.999. The third-order valence-corrected chi connectivity index (χ3v) is 3.27. The first kappa shape index (κ1) is 19.7. The second-order valence-electron chi connectivity index (χ2n) is 6.63. The Bertz CT molecular complexity index is 640. The zero-order valence-corrected chi connectivity index (χ0v) is 15.3. The number of ether oxygens (including phenoxy) is 2. The summed E-state index contributed by atoms with van der Waals surface area (Å²) in [4.78, 5) is 39.1. The van der Waals surface area contributed by atoms with Crippen LogP contribution in [0.25, 0.3) is 0 Å². The Morgan fingerprint density at radius 2 is 1.75 bits per heavy atom. The van der Waals surface area contributed by atoms with Crippen molar-refractivity contribution in [3.8, 4) is 0 Å². The first-order valence-electron chi connectivity index (χ1n) is 7.87. The maximum absolute atomic E-state index is 12.3. The molecular formula is C17H26N2O5. The van der Waals surface area contributed by atoms with Crippen LogP contribution in [0.4, 0.5) is 0 Å². The van der Waals surface area contributed by atoms with Gasteiger partial charge in [0.15, 0.2) is 6.10 Å². The number of esters is 2. The molecule has 1 aromatic heterocycles. The van der Waals surface area contributed by atoms with E-state index in [-0.39, 0.29) is 18.2 Å². The van der Waals surface area contributed by atoms with Gasteiger partial charge in [0.1, 0.15) is 5.69 Å². The molecule has 7 heteroatoms. The van der Waals surface area contributed by atoms with Gasteiger partial charge in [-0.05, 0) is 54.0 Å². The molecule has 0 aliphatic heterocycles. The maximum atomic E-state index is 12.3. The van der Waals surface area contributed by atoms with Crippen LogP contribution in [-0.2, 0) is 14.3 Å². The highest BCUT2D eigenvalue weighted by molar-refractivity contribution is 5.99. The quantitative estimate of drug-likeness (QED) is 0.803. The highest BCUT2D eigenvalue weighted by Gasteiger charge is 2.27. The maximum Gasteiger partial charge on any atom is 0.355 e. The number of aryl methyl sites for hydroxylation is 1. The van der Waals surface area contributed by atoms with Crippen LogP contribution in [0.5, 0.6) is 0 Å². The van der Waals surface area contributed by atoms with Crippen LogP contribution in [0.1, 0.15) is 66.7 Å². The molecule has 0 aromatic carbocycles. The molecule has 134 valence electrons. The summed E-state index contributed by atoms with van der Waals surface area (Å²) in [5, 5.41) is 2.74. The largest absolute Gasteiger partial charge is 0.462 e. The van der Waals surface area contributed by atoms with E-state index in [1.165, 1.54) is 6.92 Å². The molecule has 0 saturated heterocycles. The van der Waals surface area contributed by atoms with E-state index >= 15 is 0 Å².